The zero-order valence-corrected chi connectivity index (χ0v) is 12.5. The average Bonchev–Trinajstić information content (AvgIpc) is 3.13. The van der Waals surface area contributed by atoms with Gasteiger partial charge in [-0.2, -0.15) is 0 Å². The number of amides is 1. The highest BCUT2D eigenvalue weighted by Gasteiger charge is 2.25. The fourth-order valence-corrected chi connectivity index (χ4v) is 3.22. The van der Waals surface area contributed by atoms with E-state index in [1.807, 2.05) is 43.6 Å². The molecule has 3 heterocycles. The maximum Gasteiger partial charge on any atom is 0.227 e. The van der Waals surface area contributed by atoms with Crippen LogP contribution < -0.4 is 5.32 Å². The highest BCUT2D eigenvalue weighted by molar-refractivity contribution is 5.95. The third-order valence-electron chi connectivity index (χ3n) is 4.49. The molecule has 1 aromatic carbocycles. The molecule has 1 aliphatic heterocycles. The normalized spacial score (nSPS) is 17.4. The third-order valence-corrected chi connectivity index (χ3v) is 4.49. The number of nitrogens with zero attached hydrogens (tertiary/aromatic N) is 2. The number of imidazole rings is 1. The monoisotopic (exact) mass is 294 g/mol. The van der Waals surface area contributed by atoms with Crippen LogP contribution in [-0.4, -0.2) is 20.4 Å². The molecular weight excluding hydrogens is 276 g/mol. The minimum atomic E-state index is 0.0166. The van der Waals surface area contributed by atoms with Crippen LogP contribution in [0, 0.1) is 12.8 Å². The lowest BCUT2D eigenvalue weighted by Gasteiger charge is -2.23. The summed E-state index contributed by atoms with van der Waals surface area (Å²) in [7, 11) is 0. The summed E-state index contributed by atoms with van der Waals surface area (Å²) >= 11 is 0. The van der Waals surface area contributed by atoms with E-state index in [0.717, 1.165) is 47.5 Å². The molecule has 1 unspecified atom stereocenters. The Morgan fingerprint density at radius 2 is 2.32 bits per heavy atom. The van der Waals surface area contributed by atoms with Crippen LogP contribution in [0.3, 0.4) is 0 Å². The van der Waals surface area contributed by atoms with Crippen molar-refractivity contribution in [1.82, 2.24) is 14.5 Å². The van der Waals surface area contributed by atoms with Gasteiger partial charge in [-0.25, -0.2) is 4.98 Å². The lowest BCUT2D eigenvalue weighted by atomic mass is 9.95. The molecule has 3 aromatic rings. The van der Waals surface area contributed by atoms with Gasteiger partial charge in [0.2, 0.25) is 5.91 Å². The molecule has 0 spiro atoms. The van der Waals surface area contributed by atoms with Gasteiger partial charge in [0.25, 0.3) is 0 Å². The van der Waals surface area contributed by atoms with E-state index in [-0.39, 0.29) is 11.8 Å². The lowest BCUT2D eigenvalue weighted by Crippen LogP contribution is -2.30. The number of aromatic amines is 1. The number of anilines is 1. The number of aromatic nitrogens is 3. The van der Waals surface area contributed by atoms with Gasteiger partial charge in [0.05, 0.1) is 0 Å². The molecule has 22 heavy (non-hydrogen) atoms. The molecule has 1 amide bonds. The number of aryl methyl sites for hydroxylation is 1. The van der Waals surface area contributed by atoms with Crippen molar-refractivity contribution >= 4 is 22.5 Å². The smallest absolute Gasteiger partial charge is 0.227 e. The SMILES string of the molecule is Cc1ncc2n1CCC(C(=O)Nc1ccc3cc[nH]c3c1)C2. The minimum Gasteiger partial charge on any atom is -0.361 e. The van der Waals surface area contributed by atoms with E-state index in [1.165, 1.54) is 0 Å². The first kappa shape index (κ1) is 13.1. The van der Waals surface area contributed by atoms with Crippen molar-refractivity contribution in [3.63, 3.8) is 0 Å². The number of hydrogen-bond donors (Lipinski definition) is 2. The van der Waals surface area contributed by atoms with Crippen molar-refractivity contribution in [3.8, 4) is 0 Å². The van der Waals surface area contributed by atoms with E-state index in [9.17, 15) is 4.79 Å². The molecule has 1 aliphatic rings. The van der Waals surface area contributed by atoms with Crippen molar-refractivity contribution < 1.29 is 4.79 Å². The summed E-state index contributed by atoms with van der Waals surface area (Å²) in [4.78, 5) is 20.0. The first-order valence-corrected chi connectivity index (χ1v) is 7.60. The van der Waals surface area contributed by atoms with E-state index < -0.39 is 0 Å². The highest BCUT2D eigenvalue weighted by Crippen LogP contribution is 2.24. The maximum absolute atomic E-state index is 12.5. The van der Waals surface area contributed by atoms with Gasteiger partial charge in [-0.3, -0.25) is 4.79 Å². The second-order valence-corrected chi connectivity index (χ2v) is 5.91. The number of rotatable bonds is 2. The molecule has 2 N–H and O–H groups in total. The molecule has 1 atom stereocenters. The van der Waals surface area contributed by atoms with Crippen LogP contribution in [0.2, 0.25) is 0 Å². The molecule has 0 saturated heterocycles. The summed E-state index contributed by atoms with van der Waals surface area (Å²) in [6, 6.07) is 7.96. The van der Waals surface area contributed by atoms with Crippen LogP contribution in [0.15, 0.2) is 36.7 Å². The predicted molar refractivity (Wildman–Crippen MR) is 85.7 cm³/mol. The molecule has 2 aromatic heterocycles. The molecule has 0 bridgehead atoms. The van der Waals surface area contributed by atoms with E-state index in [4.69, 9.17) is 0 Å². The van der Waals surface area contributed by atoms with Crippen LogP contribution in [0.25, 0.3) is 10.9 Å². The van der Waals surface area contributed by atoms with E-state index >= 15 is 0 Å². The highest BCUT2D eigenvalue weighted by atomic mass is 16.1. The van der Waals surface area contributed by atoms with Gasteiger partial charge in [0.1, 0.15) is 5.82 Å². The topological polar surface area (TPSA) is 62.7 Å². The Morgan fingerprint density at radius 1 is 1.41 bits per heavy atom. The van der Waals surface area contributed by atoms with Crippen LogP contribution >= 0.6 is 0 Å². The molecule has 5 nitrogen and oxygen atoms in total. The number of nitrogens with one attached hydrogen (secondary N) is 2. The van der Waals surface area contributed by atoms with Gasteiger partial charge in [-0.05, 0) is 36.9 Å². The number of carbonyl (C=O) groups is 1. The second kappa shape index (κ2) is 5.02. The lowest BCUT2D eigenvalue weighted by molar-refractivity contribution is -0.120. The first-order chi connectivity index (χ1) is 10.7. The maximum atomic E-state index is 12.5. The van der Waals surface area contributed by atoms with Gasteiger partial charge in [0, 0.05) is 48.2 Å². The average molecular weight is 294 g/mol. The fraction of sp³-hybridized carbons (Fsp3) is 0.294. The Balaban J connectivity index is 1.50. The zero-order valence-electron chi connectivity index (χ0n) is 12.5. The Labute approximate surface area is 128 Å². The van der Waals surface area contributed by atoms with Crippen LogP contribution in [0.4, 0.5) is 5.69 Å². The van der Waals surface area contributed by atoms with Crippen LogP contribution in [0.1, 0.15) is 17.9 Å². The van der Waals surface area contributed by atoms with E-state index in [2.05, 4.69) is 19.9 Å². The summed E-state index contributed by atoms with van der Waals surface area (Å²) in [6.45, 7) is 2.88. The van der Waals surface area contributed by atoms with Gasteiger partial charge in [-0.1, -0.05) is 6.07 Å². The van der Waals surface area contributed by atoms with Crippen molar-refractivity contribution in [2.75, 3.05) is 5.32 Å². The third kappa shape index (κ3) is 2.19. The summed E-state index contributed by atoms with van der Waals surface area (Å²) in [5.41, 5.74) is 3.04. The van der Waals surface area contributed by atoms with Crippen molar-refractivity contribution in [2.24, 2.45) is 5.92 Å². The number of benzene rings is 1. The van der Waals surface area contributed by atoms with Crippen molar-refractivity contribution in [1.29, 1.82) is 0 Å². The number of fused-ring (bicyclic) bond motifs is 2. The minimum absolute atomic E-state index is 0.0166. The first-order valence-electron chi connectivity index (χ1n) is 7.60. The van der Waals surface area contributed by atoms with Crippen molar-refractivity contribution in [2.45, 2.75) is 26.3 Å². The molecule has 4 rings (SSSR count). The molecule has 0 aliphatic carbocycles. The van der Waals surface area contributed by atoms with Crippen LogP contribution in [-0.2, 0) is 17.8 Å². The Bertz CT molecular complexity index is 845. The second-order valence-electron chi connectivity index (χ2n) is 5.91. The Hall–Kier alpha value is -2.56. The standard InChI is InChI=1S/C17H18N4O/c1-11-19-10-15-8-13(5-7-21(11)15)17(22)20-14-3-2-12-4-6-18-16(12)9-14/h2-4,6,9-10,13,18H,5,7-8H2,1H3,(H,20,22). The predicted octanol–water partition coefficient (Wildman–Crippen LogP) is 2.87. The summed E-state index contributed by atoms with van der Waals surface area (Å²) in [5.74, 6) is 1.14. The van der Waals surface area contributed by atoms with Gasteiger partial charge >= 0.3 is 0 Å². The number of carbonyl (C=O) groups excluding carboxylic acids is 1. The van der Waals surface area contributed by atoms with Crippen LogP contribution in [0.5, 0.6) is 0 Å². The molecule has 0 fully saturated rings. The zero-order chi connectivity index (χ0) is 15.1. The van der Waals surface area contributed by atoms with Gasteiger partial charge in [0.15, 0.2) is 0 Å². The summed E-state index contributed by atoms with van der Waals surface area (Å²) in [5, 5.41) is 4.19. The Morgan fingerprint density at radius 3 is 3.23 bits per heavy atom. The van der Waals surface area contributed by atoms with Crippen molar-refractivity contribution in [3.05, 3.63) is 48.2 Å². The Kier molecular flexibility index (Phi) is 2.99. The molecule has 112 valence electrons. The number of H-pyrrole nitrogens is 1. The summed E-state index contributed by atoms with van der Waals surface area (Å²) in [6.07, 6.45) is 5.42. The fourth-order valence-electron chi connectivity index (χ4n) is 3.22. The van der Waals surface area contributed by atoms with E-state index in [1.54, 1.807) is 0 Å². The molecule has 0 saturated carbocycles. The van der Waals surface area contributed by atoms with E-state index in [0.29, 0.717) is 0 Å². The largest absolute Gasteiger partial charge is 0.361 e. The van der Waals surface area contributed by atoms with Gasteiger partial charge < -0.3 is 14.9 Å². The summed E-state index contributed by atoms with van der Waals surface area (Å²) < 4.78 is 2.20. The quantitative estimate of drug-likeness (QED) is 0.763. The van der Waals surface area contributed by atoms with Gasteiger partial charge in [-0.15, -0.1) is 0 Å². The number of hydrogen-bond acceptors (Lipinski definition) is 2. The molecular formula is C17H18N4O. The molecule has 0 radical (unpaired) electrons. The molecule has 5 heteroatoms.